The lowest BCUT2D eigenvalue weighted by Crippen LogP contribution is -2.29. The van der Waals surface area contributed by atoms with E-state index in [-0.39, 0.29) is 5.43 Å². The standard InChI is InChI=1S/C18H18N2O2S/c1-12-11-23-18(19-12)17-10-15(21)14-9-13(5-6-16(14)22-17)20-7-3-2-4-8-20/h5-6,9-11H,2-4,7-8H2,1H3. The molecule has 2 aromatic heterocycles. The Morgan fingerprint density at radius 3 is 2.74 bits per heavy atom. The van der Waals surface area contributed by atoms with Crippen LogP contribution >= 0.6 is 11.3 Å². The molecule has 1 aliphatic heterocycles. The first-order valence-electron chi connectivity index (χ1n) is 7.96. The molecule has 1 saturated heterocycles. The molecular formula is C18H18N2O2S. The normalized spacial score (nSPS) is 15.3. The Labute approximate surface area is 138 Å². The van der Waals surface area contributed by atoms with Crippen LogP contribution in [0.3, 0.4) is 0 Å². The molecule has 3 aromatic rings. The number of rotatable bonds is 2. The predicted molar refractivity (Wildman–Crippen MR) is 94.4 cm³/mol. The molecule has 118 valence electrons. The molecule has 5 heteroatoms. The highest BCUT2D eigenvalue weighted by molar-refractivity contribution is 7.13. The van der Waals surface area contributed by atoms with Crippen molar-refractivity contribution in [3.05, 3.63) is 45.6 Å². The summed E-state index contributed by atoms with van der Waals surface area (Å²) < 4.78 is 5.91. The number of aryl methyl sites for hydroxylation is 1. The molecule has 1 aliphatic rings. The molecule has 0 atom stereocenters. The van der Waals surface area contributed by atoms with Crippen molar-refractivity contribution in [2.24, 2.45) is 0 Å². The molecule has 3 heterocycles. The maximum absolute atomic E-state index is 12.5. The lowest BCUT2D eigenvalue weighted by atomic mass is 10.1. The number of fused-ring (bicyclic) bond motifs is 1. The van der Waals surface area contributed by atoms with E-state index in [1.54, 1.807) is 6.07 Å². The number of nitrogens with zero attached hydrogens (tertiary/aromatic N) is 2. The maximum Gasteiger partial charge on any atom is 0.193 e. The molecule has 4 rings (SSSR count). The van der Waals surface area contributed by atoms with E-state index in [1.165, 1.54) is 30.6 Å². The summed E-state index contributed by atoms with van der Waals surface area (Å²) in [5.74, 6) is 0.548. The zero-order valence-electron chi connectivity index (χ0n) is 13.0. The zero-order chi connectivity index (χ0) is 15.8. The van der Waals surface area contributed by atoms with Crippen molar-refractivity contribution in [3.63, 3.8) is 0 Å². The number of hydrogen-bond donors (Lipinski definition) is 0. The van der Waals surface area contributed by atoms with E-state index >= 15 is 0 Å². The fourth-order valence-corrected chi connectivity index (χ4v) is 3.81. The van der Waals surface area contributed by atoms with E-state index in [0.717, 1.165) is 29.5 Å². The molecule has 0 aliphatic carbocycles. The Bertz CT molecular complexity index is 907. The fraction of sp³-hybridized carbons (Fsp3) is 0.333. The van der Waals surface area contributed by atoms with Crippen LogP contribution in [0.4, 0.5) is 5.69 Å². The number of piperidine rings is 1. The van der Waals surface area contributed by atoms with E-state index in [0.29, 0.717) is 16.7 Å². The summed E-state index contributed by atoms with van der Waals surface area (Å²) in [4.78, 5) is 19.3. The van der Waals surface area contributed by atoms with Gasteiger partial charge in [-0.2, -0.15) is 0 Å². The Balaban J connectivity index is 1.78. The minimum absolute atomic E-state index is 0.00652. The van der Waals surface area contributed by atoms with Crippen LogP contribution < -0.4 is 10.3 Å². The summed E-state index contributed by atoms with van der Waals surface area (Å²) in [5, 5.41) is 3.35. The lowest BCUT2D eigenvalue weighted by Gasteiger charge is -2.28. The van der Waals surface area contributed by atoms with Crippen LogP contribution in [-0.4, -0.2) is 18.1 Å². The van der Waals surface area contributed by atoms with Crippen molar-refractivity contribution < 1.29 is 4.42 Å². The monoisotopic (exact) mass is 326 g/mol. The lowest BCUT2D eigenvalue weighted by molar-refractivity contribution is 0.577. The zero-order valence-corrected chi connectivity index (χ0v) is 13.9. The van der Waals surface area contributed by atoms with E-state index < -0.39 is 0 Å². The first kappa shape index (κ1) is 14.5. The molecule has 23 heavy (non-hydrogen) atoms. The SMILES string of the molecule is Cc1csc(-c2cc(=O)c3cc(N4CCCCC4)ccc3o2)n1. The summed E-state index contributed by atoms with van der Waals surface area (Å²) in [6, 6.07) is 7.47. The van der Waals surface area contributed by atoms with Crippen LogP contribution in [0, 0.1) is 6.92 Å². The second-order valence-electron chi connectivity index (χ2n) is 6.00. The van der Waals surface area contributed by atoms with Crippen molar-refractivity contribution in [1.82, 2.24) is 4.98 Å². The van der Waals surface area contributed by atoms with Gasteiger partial charge < -0.3 is 9.32 Å². The van der Waals surface area contributed by atoms with Gasteiger partial charge in [0.05, 0.1) is 5.39 Å². The number of anilines is 1. The molecule has 0 unspecified atom stereocenters. The summed E-state index contributed by atoms with van der Waals surface area (Å²) in [7, 11) is 0. The highest BCUT2D eigenvalue weighted by Crippen LogP contribution is 2.28. The van der Waals surface area contributed by atoms with E-state index in [2.05, 4.69) is 9.88 Å². The summed E-state index contributed by atoms with van der Waals surface area (Å²) >= 11 is 1.49. The van der Waals surface area contributed by atoms with Crippen molar-refractivity contribution in [3.8, 4) is 10.8 Å². The third-order valence-electron chi connectivity index (χ3n) is 4.26. The van der Waals surface area contributed by atoms with Crippen LogP contribution in [0.25, 0.3) is 21.7 Å². The summed E-state index contributed by atoms with van der Waals surface area (Å²) in [6.45, 7) is 4.06. The van der Waals surface area contributed by atoms with Gasteiger partial charge in [-0.05, 0) is 44.4 Å². The first-order valence-corrected chi connectivity index (χ1v) is 8.84. The molecule has 1 aromatic carbocycles. The van der Waals surface area contributed by atoms with E-state index in [9.17, 15) is 4.79 Å². The molecular weight excluding hydrogens is 308 g/mol. The summed E-state index contributed by atoms with van der Waals surface area (Å²) in [6.07, 6.45) is 3.73. The smallest absolute Gasteiger partial charge is 0.193 e. The molecule has 0 amide bonds. The van der Waals surface area contributed by atoms with E-state index in [1.807, 2.05) is 30.5 Å². The van der Waals surface area contributed by atoms with Crippen molar-refractivity contribution >= 4 is 28.0 Å². The van der Waals surface area contributed by atoms with Gasteiger partial charge >= 0.3 is 0 Å². The van der Waals surface area contributed by atoms with Crippen molar-refractivity contribution in [2.45, 2.75) is 26.2 Å². The topological polar surface area (TPSA) is 46.3 Å². The molecule has 0 saturated carbocycles. The minimum Gasteiger partial charge on any atom is -0.453 e. The van der Waals surface area contributed by atoms with Crippen LogP contribution in [0.15, 0.2) is 38.9 Å². The Kier molecular flexibility index (Phi) is 3.65. The number of thiazole rings is 1. The molecule has 0 bridgehead atoms. The first-order chi connectivity index (χ1) is 11.2. The van der Waals surface area contributed by atoms with Crippen LogP contribution in [0.5, 0.6) is 0 Å². The van der Waals surface area contributed by atoms with Crippen molar-refractivity contribution in [2.75, 3.05) is 18.0 Å². The van der Waals surface area contributed by atoms with Gasteiger partial charge in [0.15, 0.2) is 16.2 Å². The molecule has 1 fully saturated rings. The van der Waals surface area contributed by atoms with Gasteiger partial charge in [0, 0.05) is 35.9 Å². The second kappa shape index (κ2) is 5.81. The highest BCUT2D eigenvalue weighted by atomic mass is 32.1. The van der Waals surface area contributed by atoms with Crippen molar-refractivity contribution in [1.29, 1.82) is 0 Å². The van der Waals surface area contributed by atoms with Gasteiger partial charge in [-0.25, -0.2) is 4.98 Å². The second-order valence-corrected chi connectivity index (χ2v) is 6.86. The van der Waals surface area contributed by atoms with Gasteiger partial charge in [0.2, 0.25) is 0 Å². The highest BCUT2D eigenvalue weighted by Gasteiger charge is 2.14. The summed E-state index contributed by atoms with van der Waals surface area (Å²) in [5.41, 5.74) is 2.67. The minimum atomic E-state index is -0.00652. The molecule has 0 N–H and O–H groups in total. The average molecular weight is 326 g/mol. The quantitative estimate of drug-likeness (QED) is 0.707. The van der Waals surface area contributed by atoms with Gasteiger partial charge in [-0.15, -0.1) is 11.3 Å². The number of benzene rings is 1. The third-order valence-corrected chi connectivity index (χ3v) is 5.24. The Morgan fingerprint density at radius 2 is 2.00 bits per heavy atom. The molecule has 0 spiro atoms. The van der Waals surface area contributed by atoms with Gasteiger partial charge in [0.1, 0.15) is 5.58 Å². The molecule has 0 radical (unpaired) electrons. The third kappa shape index (κ3) is 2.77. The van der Waals surface area contributed by atoms with Crippen LogP contribution in [0.2, 0.25) is 0 Å². The molecule has 4 nitrogen and oxygen atoms in total. The van der Waals surface area contributed by atoms with Crippen LogP contribution in [-0.2, 0) is 0 Å². The average Bonchev–Trinajstić information content (AvgIpc) is 3.02. The van der Waals surface area contributed by atoms with E-state index in [4.69, 9.17) is 4.42 Å². The Morgan fingerprint density at radius 1 is 1.17 bits per heavy atom. The Hall–Kier alpha value is -2.14. The maximum atomic E-state index is 12.5. The van der Waals surface area contributed by atoms with Crippen LogP contribution in [0.1, 0.15) is 25.0 Å². The largest absolute Gasteiger partial charge is 0.453 e. The van der Waals surface area contributed by atoms with Gasteiger partial charge in [-0.3, -0.25) is 4.79 Å². The number of aromatic nitrogens is 1. The predicted octanol–water partition coefficient (Wildman–Crippen LogP) is 4.22. The number of hydrogen-bond acceptors (Lipinski definition) is 5. The van der Waals surface area contributed by atoms with Gasteiger partial charge in [-0.1, -0.05) is 0 Å². The fourth-order valence-electron chi connectivity index (χ4n) is 3.07. The van der Waals surface area contributed by atoms with Gasteiger partial charge in [0.25, 0.3) is 0 Å².